The summed E-state index contributed by atoms with van der Waals surface area (Å²) in [6, 6.07) is 12.4. The van der Waals surface area contributed by atoms with E-state index in [2.05, 4.69) is 51.9 Å². The molecule has 3 aromatic heterocycles. The molecule has 0 spiro atoms. The van der Waals surface area contributed by atoms with Crippen molar-refractivity contribution in [3.8, 4) is 10.6 Å². The first-order valence-electron chi connectivity index (χ1n) is 9.27. The number of anilines is 2. The maximum atomic E-state index is 4.70. The number of fused-ring (bicyclic) bond motifs is 1. The van der Waals surface area contributed by atoms with Gasteiger partial charge in [-0.2, -0.15) is 0 Å². The normalized spacial score (nSPS) is 11.0. The third-order valence-electron chi connectivity index (χ3n) is 4.79. The van der Waals surface area contributed by atoms with Crippen LogP contribution in [0.5, 0.6) is 0 Å². The van der Waals surface area contributed by atoms with Crippen LogP contribution in [-0.2, 0) is 6.42 Å². The van der Waals surface area contributed by atoms with Gasteiger partial charge in [0, 0.05) is 30.8 Å². The third-order valence-corrected chi connectivity index (χ3v) is 5.71. The monoisotopic (exact) mass is 389 g/mol. The smallest absolute Gasteiger partial charge is 0.187 e. The molecule has 6 heteroatoms. The number of nitrogens with zero attached hydrogens (tertiary/aromatic N) is 3. The highest BCUT2D eigenvalue weighted by molar-refractivity contribution is 7.18. The number of thiazole rings is 1. The Morgan fingerprint density at radius 2 is 1.96 bits per heavy atom. The molecule has 4 aromatic rings. The van der Waals surface area contributed by atoms with Gasteiger partial charge < -0.3 is 10.6 Å². The molecule has 0 bridgehead atoms. The summed E-state index contributed by atoms with van der Waals surface area (Å²) in [5.41, 5.74) is 7.34. The van der Waals surface area contributed by atoms with E-state index in [1.165, 1.54) is 5.56 Å². The molecule has 1 aromatic carbocycles. The van der Waals surface area contributed by atoms with Gasteiger partial charge in [0.05, 0.1) is 16.3 Å². The topological polar surface area (TPSA) is 54.2 Å². The molecule has 5 nitrogen and oxygen atoms in total. The Morgan fingerprint density at radius 3 is 2.68 bits per heavy atom. The number of benzene rings is 1. The van der Waals surface area contributed by atoms with E-state index in [0.717, 1.165) is 50.4 Å². The number of pyridine rings is 1. The minimum atomic E-state index is 0.858. The number of rotatable bonds is 6. The fraction of sp³-hybridized carbons (Fsp3) is 0.182. The zero-order valence-corrected chi connectivity index (χ0v) is 17.1. The predicted molar refractivity (Wildman–Crippen MR) is 118 cm³/mol. The highest BCUT2D eigenvalue weighted by Gasteiger charge is 2.14. The lowest BCUT2D eigenvalue weighted by Gasteiger charge is -2.07. The van der Waals surface area contributed by atoms with Crippen LogP contribution < -0.4 is 10.6 Å². The standard InChI is InChI=1S/C22H23N5S/c1-5-16-6-11-20-25-15(3)21(27(20)13-16)19-12-24-22(28-19)26-18-9-7-17(8-10-18)14(2)23-4/h6-13,23H,2,5H2,1,3-4H3,(H,24,26). The second kappa shape index (κ2) is 7.48. The lowest BCUT2D eigenvalue weighted by Crippen LogP contribution is -2.02. The van der Waals surface area contributed by atoms with E-state index in [9.17, 15) is 0 Å². The molecule has 0 unspecified atom stereocenters. The van der Waals surface area contributed by atoms with Gasteiger partial charge in [-0.15, -0.1) is 0 Å². The van der Waals surface area contributed by atoms with E-state index in [4.69, 9.17) is 4.98 Å². The van der Waals surface area contributed by atoms with Gasteiger partial charge in [0.2, 0.25) is 0 Å². The van der Waals surface area contributed by atoms with Gasteiger partial charge in [-0.3, -0.25) is 4.40 Å². The molecular weight excluding hydrogens is 366 g/mol. The van der Waals surface area contributed by atoms with Crippen molar-refractivity contribution >= 4 is 33.5 Å². The van der Waals surface area contributed by atoms with Crippen LogP contribution in [0, 0.1) is 6.92 Å². The van der Waals surface area contributed by atoms with Gasteiger partial charge in [-0.25, -0.2) is 9.97 Å². The van der Waals surface area contributed by atoms with Crippen LogP contribution in [0.15, 0.2) is 55.4 Å². The second-order valence-electron chi connectivity index (χ2n) is 6.63. The largest absolute Gasteiger partial charge is 0.388 e. The summed E-state index contributed by atoms with van der Waals surface area (Å²) < 4.78 is 2.17. The predicted octanol–water partition coefficient (Wildman–Crippen LogP) is 5.26. The van der Waals surface area contributed by atoms with Crippen LogP contribution in [0.25, 0.3) is 21.9 Å². The van der Waals surface area contributed by atoms with Crippen molar-refractivity contribution in [1.29, 1.82) is 0 Å². The summed E-state index contributed by atoms with van der Waals surface area (Å²) in [6.45, 7) is 8.20. The summed E-state index contributed by atoms with van der Waals surface area (Å²) in [4.78, 5) is 10.4. The maximum absolute atomic E-state index is 4.70. The number of aryl methyl sites for hydroxylation is 2. The summed E-state index contributed by atoms with van der Waals surface area (Å²) in [5.74, 6) is 0. The molecule has 3 heterocycles. The lowest BCUT2D eigenvalue weighted by molar-refractivity contribution is 1.07. The zero-order chi connectivity index (χ0) is 19.7. The molecule has 0 fully saturated rings. The minimum absolute atomic E-state index is 0.858. The number of aromatic nitrogens is 3. The molecule has 0 aliphatic carbocycles. The van der Waals surface area contributed by atoms with Crippen molar-refractivity contribution in [2.75, 3.05) is 12.4 Å². The Morgan fingerprint density at radius 1 is 1.18 bits per heavy atom. The van der Waals surface area contributed by atoms with Crippen molar-refractivity contribution in [3.05, 3.63) is 72.2 Å². The fourth-order valence-corrected chi connectivity index (χ4v) is 4.11. The van der Waals surface area contributed by atoms with Gasteiger partial charge in [-0.1, -0.05) is 43.0 Å². The number of nitrogens with one attached hydrogen (secondary N) is 2. The fourth-order valence-electron chi connectivity index (χ4n) is 3.18. The molecule has 0 atom stereocenters. The number of hydrogen-bond donors (Lipinski definition) is 2. The molecule has 0 amide bonds. The lowest BCUT2D eigenvalue weighted by atomic mass is 10.1. The van der Waals surface area contributed by atoms with E-state index in [0.29, 0.717) is 0 Å². The molecule has 142 valence electrons. The van der Waals surface area contributed by atoms with Crippen LogP contribution >= 0.6 is 11.3 Å². The molecule has 0 aliphatic heterocycles. The average Bonchev–Trinajstić information content (AvgIpc) is 3.30. The van der Waals surface area contributed by atoms with Crippen LogP contribution in [0.4, 0.5) is 10.8 Å². The quantitative estimate of drug-likeness (QED) is 0.472. The van der Waals surface area contributed by atoms with Gasteiger partial charge in [0.1, 0.15) is 5.65 Å². The molecule has 0 aliphatic rings. The summed E-state index contributed by atoms with van der Waals surface area (Å²) in [7, 11) is 1.87. The SMILES string of the molecule is C=C(NC)c1ccc(Nc2ncc(-c3c(C)nc4ccc(CC)cn34)s2)cc1. The first-order chi connectivity index (χ1) is 13.6. The minimum Gasteiger partial charge on any atom is -0.388 e. The van der Waals surface area contributed by atoms with E-state index < -0.39 is 0 Å². The molecule has 28 heavy (non-hydrogen) atoms. The average molecular weight is 390 g/mol. The number of imidazole rings is 1. The maximum Gasteiger partial charge on any atom is 0.187 e. The Bertz CT molecular complexity index is 1140. The third kappa shape index (κ3) is 3.39. The Balaban J connectivity index is 1.62. The zero-order valence-electron chi connectivity index (χ0n) is 16.3. The summed E-state index contributed by atoms with van der Waals surface area (Å²) in [5, 5.41) is 7.31. The van der Waals surface area contributed by atoms with Crippen LogP contribution in [-0.4, -0.2) is 21.4 Å². The van der Waals surface area contributed by atoms with E-state index in [1.807, 2.05) is 44.4 Å². The summed E-state index contributed by atoms with van der Waals surface area (Å²) in [6.07, 6.45) is 5.09. The van der Waals surface area contributed by atoms with Gasteiger partial charge in [0.15, 0.2) is 5.13 Å². The molecule has 0 radical (unpaired) electrons. The first kappa shape index (κ1) is 18.3. The molecular formula is C22H23N5S. The van der Waals surface area contributed by atoms with E-state index >= 15 is 0 Å². The molecule has 2 N–H and O–H groups in total. The second-order valence-corrected chi connectivity index (χ2v) is 7.66. The molecule has 0 saturated carbocycles. The van der Waals surface area contributed by atoms with Gasteiger partial charge in [-0.05, 0) is 42.7 Å². The Kier molecular flexibility index (Phi) is 4.88. The van der Waals surface area contributed by atoms with Crippen LogP contribution in [0.2, 0.25) is 0 Å². The Labute approximate surface area is 168 Å². The van der Waals surface area contributed by atoms with Crippen molar-refractivity contribution in [2.24, 2.45) is 0 Å². The van der Waals surface area contributed by atoms with Gasteiger partial charge in [0.25, 0.3) is 0 Å². The Hall–Kier alpha value is -3.12. The summed E-state index contributed by atoms with van der Waals surface area (Å²) >= 11 is 1.63. The van der Waals surface area contributed by atoms with Crippen LogP contribution in [0.1, 0.15) is 23.7 Å². The molecule has 4 rings (SSSR count). The van der Waals surface area contributed by atoms with E-state index in [-0.39, 0.29) is 0 Å². The highest BCUT2D eigenvalue weighted by atomic mass is 32.1. The van der Waals surface area contributed by atoms with E-state index in [1.54, 1.807) is 11.3 Å². The first-order valence-corrected chi connectivity index (χ1v) is 10.1. The van der Waals surface area contributed by atoms with Crippen molar-refractivity contribution in [1.82, 2.24) is 19.7 Å². The van der Waals surface area contributed by atoms with Crippen molar-refractivity contribution < 1.29 is 0 Å². The molecule has 0 saturated heterocycles. The van der Waals surface area contributed by atoms with Crippen molar-refractivity contribution in [3.63, 3.8) is 0 Å². The van der Waals surface area contributed by atoms with Crippen molar-refractivity contribution in [2.45, 2.75) is 20.3 Å². The van der Waals surface area contributed by atoms with Crippen LogP contribution in [0.3, 0.4) is 0 Å². The number of hydrogen-bond acceptors (Lipinski definition) is 5. The van der Waals surface area contributed by atoms with Gasteiger partial charge >= 0.3 is 0 Å². The highest BCUT2D eigenvalue weighted by Crippen LogP contribution is 2.33.